The van der Waals surface area contributed by atoms with Crippen LogP contribution in [0, 0.1) is 0 Å². The van der Waals surface area contributed by atoms with E-state index in [1.807, 2.05) is 36.4 Å². The fraction of sp³-hybridized carbons (Fsp3) is 0.292. The van der Waals surface area contributed by atoms with Crippen LogP contribution in [0.15, 0.2) is 60.8 Å². The van der Waals surface area contributed by atoms with Crippen molar-refractivity contribution in [3.63, 3.8) is 0 Å². The third kappa shape index (κ3) is 7.15. The molecular formula is C24H28ClN5O3. The van der Waals surface area contributed by atoms with E-state index in [2.05, 4.69) is 37.9 Å². The maximum atomic E-state index is 11.3. The highest BCUT2D eigenvalue weighted by molar-refractivity contribution is 5.92. The molecule has 1 aliphatic rings. The van der Waals surface area contributed by atoms with Crippen LogP contribution in [0.3, 0.4) is 0 Å². The van der Waals surface area contributed by atoms with E-state index in [9.17, 15) is 9.90 Å². The van der Waals surface area contributed by atoms with Gasteiger partial charge < -0.3 is 32.9 Å². The number of carboxylic acids is 1. The first-order valence-electron chi connectivity index (χ1n) is 10.8. The van der Waals surface area contributed by atoms with Gasteiger partial charge in [-0.15, -0.1) is 5.10 Å². The molecule has 0 amide bonds. The number of nitrogens with zero attached hydrogens (tertiary/aromatic N) is 3. The van der Waals surface area contributed by atoms with Crippen LogP contribution in [0.2, 0.25) is 0 Å². The minimum atomic E-state index is -1.12. The molecule has 2 heterocycles. The summed E-state index contributed by atoms with van der Waals surface area (Å²) in [5.41, 5.74) is 3.47. The number of ether oxygens (including phenoxy) is 1. The number of hydrogen-bond acceptors (Lipinski definition) is 6. The van der Waals surface area contributed by atoms with Gasteiger partial charge in [0.2, 0.25) is 0 Å². The lowest BCUT2D eigenvalue weighted by Crippen LogP contribution is -3.00. The van der Waals surface area contributed by atoms with Gasteiger partial charge in [-0.25, -0.2) is 4.79 Å². The van der Waals surface area contributed by atoms with E-state index >= 15 is 0 Å². The Morgan fingerprint density at radius 3 is 2.36 bits per heavy atom. The largest absolute Gasteiger partial charge is 1.00 e. The van der Waals surface area contributed by atoms with Crippen molar-refractivity contribution in [3.8, 4) is 5.75 Å². The van der Waals surface area contributed by atoms with E-state index in [0.29, 0.717) is 12.3 Å². The van der Waals surface area contributed by atoms with E-state index in [1.165, 1.54) is 24.8 Å². The van der Waals surface area contributed by atoms with Crippen LogP contribution in [0.5, 0.6) is 5.75 Å². The van der Waals surface area contributed by atoms with Gasteiger partial charge in [0.05, 0.1) is 25.0 Å². The SMILES string of the molecule is O=C(O)c1nnccc1Nc1ccc(Cc2ccc(OCCN3CC[NH2+]CC3)cc2)cc1.[Cl-]. The van der Waals surface area contributed by atoms with Gasteiger partial charge >= 0.3 is 5.97 Å². The number of aromatic nitrogens is 2. The Morgan fingerprint density at radius 2 is 1.70 bits per heavy atom. The molecule has 3 aromatic rings. The zero-order valence-electron chi connectivity index (χ0n) is 18.3. The number of halogens is 1. The summed E-state index contributed by atoms with van der Waals surface area (Å²) in [6.07, 6.45) is 2.27. The smallest absolute Gasteiger partial charge is 0.358 e. The van der Waals surface area contributed by atoms with Crippen LogP contribution in [-0.4, -0.2) is 65.5 Å². The van der Waals surface area contributed by atoms with Crippen LogP contribution in [0.25, 0.3) is 0 Å². The predicted octanol–water partition coefficient (Wildman–Crippen LogP) is -1.23. The van der Waals surface area contributed by atoms with Crippen molar-refractivity contribution in [2.75, 3.05) is 44.6 Å². The maximum absolute atomic E-state index is 11.3. The molecule has 1 fully saturated rings. The van der Waals surface area contributed by atoms with Crippen molar-refractivity contribution in [3.05, 3.63) is 77.6 Å². The molecule has 0 radical (unpaired) electrons. The number of nitrogens with two attached hydrogens (primary N) is 1. The summed E-state index contributed by atoms with van der Waals surface area (Å²) in [5.74, 6) is -0.216. The van der Waals surface area contributed by atoms with Crippen molar-refractivity contribution in [1.29, 1.82) is 0 Å². The molecule has 33 heavy (non-hydrogen) atoms. The lowest BCUT2D eigenvalue weighted by Gasteiger charge is -2.24. The fourth-order valence-corrected chi connectivity index (χ4v) is 3.71. The first-order chi connectivity index (χ1) is 15.7. The summed E-state index contributed by atoms with van der Waals surface area (Å²) in [6, 6.07) is 17.7. The number of benzene rings is 2. The molecule has 0 aliphatic carbocycles. The van der Waals surface area contributed by atoms with Crippen molar-refractivity contribution in [2.24, 2.45) is 0 Å². The quantitative estimate of drug-likeness (QED) is 0.360. The van der Waals surface area contributed by atoms with Gasteiger partial charge in [0.15, 0.2) is 5.69 Å². The number of aromatic carboxylic acids is 1. The highest BCUT2D eigenvalue weighted by Gasteiger charge is 2.12. The first-order valence-corrected chi connectivity index (χ1v) is 10.8. The van der Waals surface area contributed by atoms with E-state index < -0.39 is 5.97 Å². The van der Waals surface area contributed by atoms with E-state index in [4.69, 9.17) is 4.74 Å². The van der Waals surface area contributed by atoms with E-state index in [-0.39, 0.29) is 18.1 Å². The van der Waals surface area contributed by atoms with Gasteiger partial charge in [0.1, 0.15) is 12.4 Å². The fourth-order valence-electron chi connectivity index (χ4n) is 3.71. The molecule has 8 nitrogen and oxygen atoms in total. The average molecular weight is 470 g/mol. The highest BCUT2D eigenvalue weighted by Crippen LogP contribution is 2.21. The zero-order chi connectivity index (χ0) is 22.2. The van der Waals surface area contributed by atoms with Gasteiger partial charge in [-0.3, -0.25) is 4.90 Å². The molecule has 4 rings (SSSR count). The Hall–Kier alpha value is -3.20. The Labute approximate surface area is 199 Å². The van der Waals surface area contributed by atoms with Crippen molar-refractivity contribution < 1.29 is 32.4 Å². The number of quaternary nitrogens is 1. The summed E-state index contributed by atoms with van der Waals surface area (Å²) in [6.45, 7) is 6.31. The van der Waals surface area contributed by atoms with Crippen molar-refractivity contribution in [1.82, 2.24) is 15.1 Å². The monoisotopic (exact) mass is 469 g/mol. The van der Waals surface area contributed by atoms with Gasteiger partial charge in [0.25, 0.3) is 0 Å². The Balaban J connectivity index is 0.00000306. The number of hydrogen-bond donors (Lipinski definition) is 3. The third-order valence-electron chi connectivity index (χ3n) is 5.46. The number of anilines is 2. The Bertz CT molecular complexity index is 1030. The molecule has 0 bridgehead atoms. The minimum Gasteiger partial charge on any atom is -1.00 e. The van der Waals surface area contributed by atoms with Crippen LogP contribution in [0.4, 0.5) is 11.4 Å². The maximum Gasteiger partial charge on any atom is 0.358 e. The lowest BCUT2D eigenvalue weighted by atomic mass is 10.0. The lowest BCUT2D eigenvalue weighted by molar-refractivity contribution is -0.663. The zero-order valence-corrected chi connectivity index (χ0v) is 19.0. The number of piperazine rings is 1. The normalized spacial score (nSPS) is 13.7. The molecule has 1 aromatic heterocycles. The van der Waals surface area contributed by atoms with Gasteiger partial charge in [-0.05, 0) is 47.9 Å². The molecule has 1 aliphatic heterocycles. The summed E-state index contributed by atoms with van der Waals surface area (Å²) < 4.78 is 5.90. The second-order valence-electron chi connectivity index (χ2n) is 7.80. The number of carbonyl (C=O) groups is 1. The molecule has 9 heteroatoms. The second-order valence-corrected chi connectivity index (χ2v) is 7.80. The summed E-state index contributed by atoms with van der Waals surface area (Å²) in [5, 5.41) is 22.0. The van der Waals surface area contributed by atoms with Crippen LogP contribution in [0.1, 0.15) is 21.6 Å². The molecule has 0 unspecified atom stereocenters. The number of rotatable bonds is 9. The Morgan fingerprint density at radius 1 is 1.03 bits per heavy atom. The standard InChI is InChI=1S/C24H27N5O3.ClH/c30-24(31)23-22(9-10-26-28-23)27-20-5-1-18(2-6-20)17-19-3-7-21(8-4-19)32-16-15-29-13-11-25-12-14-29;/h1-10,25H,11-17H2,(H,26,27)(H,30,31);1H. The number of nitrogens with one attached hydrogen (secondary N) is 1. The van der Waals surface area contributed by atoms with Crippen LogP contribution >= 0.6 is 0 Å². The van der Waals surface area contributed by atoms with Gasteiger partial charge in [-0.2, -0.15) is 5.10 Å². The predicted molar refractivity (Wildman–Crippen MR) is 122 cm³/mol. The van der Waals surface area contributed by atoms with Crippen LogP contribution in [-0.2, 0) is 6.42 Å². The summed E-state index contributed by atoms with van der Waals surface area (Å²) in [7, 11) is 0. The Kier molecular flexibility index (Phi) is 9.00. The highest BCUT2D eigenvalue weighted by atomic mass is 35.5. The molecule has 0 spiro atoms. The molecule has 0 saturated carbocycles. The van der Waals surface area contributed by atoms with Crippen molar-refractivity contribution in [2.45, 2.75) is 6.42 Å². The molecule has 2 aromatic carbocycles. The molecule has 0 atom stereocenters. The van der Waals surface area contributed by atoms with E-state index in [1.54, 1.807) is 6.07 Å². The van der Waals surface area contributed by atoms with Gasteiger partial charge in [0, 0.05) is 25.3 Å². The van der Waals surface area contributed by atoms with Crippen molar-refractivity contribution >= 4 is 17.3 Å². The molecule has 174 valence electrons. The average Bonchev–Trinajstić information content (AvgIpc) is 2.82. The number of carboxylic acid groups (broad SMARTS) is 1. The van der Waals surface area contributed by atoms with Crippen LogP contribution < -0.4 is 27.8 Å². The summed E-state index contributed by atoms with van der Waals surface area (Å²) >= 11 is 0. The third-order valence-corrected chi connectivity index (χ3v) is 5.46. The first kappa shape index (κ1) is 24.4. The molecule has 1 saturated heterocycles. The summed E-state index contributed by atoms with van der Waals surface area (Å²) in [4.78, 5) is 13.7. The van der Waals surface area contributed by atoms with E-state index in [0.717, 1.165) is 43.1 Å². The molecule has 4 N–H and O–H groups in total. The second kappa shape index (κ2) is 12.2. The van der Waals surface area contributed by atoms with Gasteiger partial charge in [-0.1, -0.05) is 24.3 Å². The minimum absolute atomic E-state index is 0. The molecular weight excluding hydrogens is 442 g/mol. The topological polar surface area (TPSA) is 104 Å².